The molecular formula is C13H14N2OS. The molecule has 0 aliphatic carbocycles. The molecule has 0 aliphatic rings. The summed E-state index contributed by atoms with van der Waals surface area (Å²) in [6.07, 6.45) is 0. The predicted octanol–water partition coefficient (Wildman–Crippen LogP) is 3.27. The van der Waals surface area contributed by atoms with Crippen LogP contribution in [0.25, 0.3) is 11.3 Å². The largest absolute Gasteiger partial charge is 0.493 e. The van der Waals surface area contributed by atoms with E-state index in [0.717, 1.165) is 17.0 Å². The average Bonchev–Trinajstić information content (AvgIpc) is 2.29. The smallest absolute Gasteiger partial charge is 0.215 e. The highest BCUT2D eigenvalue weighted by Crippen LogP contribution is 2.24. The monoisotopic (exact) mass is 246 g/mol. The van der Waals surface area contributed by atoms with Gasteiger partial charge >= 0.3 is 0 Å². The van der Waals surface area contributed by atoms with Gasteiger partial charge in [-0.05, 0) is 12.7 Å². The summed E-state index contributed by atoms with van der Waals surface area (Å²) >= 11 is 1.52. The molecule has 1 aromatic heterocycles. The van der Waals surface area contributed by atoms with Crippen LogP contribution in [0.4, 0.5) is 0 Å². The highest BCUT2D eigenvalue weighted by Gasteiger charge is 2.05. The molecule has 1 heterocycles. The molecule has 2 rings (SSSR count). The number of aromatic hydroxyl groups is 1. The van der Waals surface area contributed by atoms with E-state index in [2.05, 4.69) is 9.97 Å². The number of hydrogen-bond acceptors (Lipinski definition) is 4. The molecule has 0 spiro atoms. The lowest BCUT2D eigenvalue weighted by atomic mass is 10.1. The first-order valence-electron chi connectivity index (χ1n) is 5.47. The zero-order chi connectivity index (χ0) is 12.3. The molecule has 17 heavy (non-hydrogen) atoms. The van der Waals surface area contributed by atoms with Crippen LogP contribution in [0.15, 0.2) is 35.5 Å². The highest BCUT2D eigenvalue weighted by atomic mass is 32.2. The van der Waals surface area contributed by atoms with Gasteiger partial charge in [-0.2, -0.15) is 4.98 Å². The van der Waals surface area contributed by atoms with Gasteiger partial charge in [0.2, 0.25) is 5.88 Å². The van der Waals surface area contributed by atoms with Gasteiger partial charge < -0.3 is 5.11 Å². The lowest BCUT2D eigenvalue weighted by Crippen LogP contribution is -1.91. The van der Waals surface area contributed by atoms with Crippen LogP contribution < -0.4 is 0 Å². The van der Waals surface area contributed by atoms with Crippen molar-refractivity contribution in [1.82, 2.24) is 9.97 Å². The SMILES string of the molecule is CCSc1nc(O)cc(-c2ccc(C)cc2)n1. The Balaban J connectivity index is 2.40. The number of aryl methyl sites for hydroxylation is 1. The Bertz CT molecular complexity index is 511. The van der Waals surface area contributed by atoms with Gasteiger partial charge in [0, 0.05) is 11.6 Å². The minimum absolute atomic E-state index is 0.0199. The molecule has 0 saturated heterocycles. The van der Waals surface area contributed by atoms with E-state index in [9.17, 15) is 5.11 Å². The molecule has 0 saturated carbocycles. The van der Waals surface area contributed by atoms with Gasteiger partial charge in [0.25, 0.3) is 0 Å². The van der Waals surface area contributed by atoms with Crippen LogP contribution in [-0.2, 0) is 0 Å². The molecule has 0 unspecified atom stereocenters. The fourth-order valence-corrected chi connectivity index (χ4v) is 2.06. The minimum Gasteiger partial charge on any atom is -0.493 e. The summed E-state index contributed by atoms with van der Waals surface area (Å²) in [5, 5.41) is 10.2. The number of aromatic nitrogens is 2. The highest BCUT2D eigenvalue weighted by molar-refractivity contribution is 7.99. The van der Waals surface area contributed by atoms with E-state index in [1.165, 1.54) is 17.3 Å². The molecule has 0 fully saturated rings. The number of hydrogen-bond donors (Lipinski definition) is 1. The summed E-state index contributed by atoms with van der Waals surface area (Å²) in [6, 6.07) is 9.64. The van der Waals surface area contributed by atoms with E-state index in [4.69, 9.17) is 0 Å². The molecule has 0 bridgehead atoms. The maximum absolute atomic E-state index is 9.57. The van der Waals surface area contributed by atoms with E-state index in [1.807, 2.05) is 38.1 Å². The molecule has 0 atom stereocenters. The minimum atomic E-state index is 0.0199. The number of nitrogens with zero attached hydrogens (tertiary/aromatic N) is 2. The normalized spacial score (nSPS) is 10.5. The Morgan fingerprint density at radius 2 is 1.88 bits per heavy atom. The van der Waals surface area contributed by atoms with Crippen molar-refractivity contribution in [3.05, 3.63) is 35.9 Å². The predicted molar refractivity (Wildman–Crippen MR) is 70.3 cm³/mol. The quantitative estimate of drug-likeness (QED) is 0.667. The second-order valence-corrected chi connectivity index (χ2v) is 4.92. The lowest BCUT2D eigenvalue weighted by Gasteiger charge is -2.04. The maximum Gasteiger partial charge on any atom is 0.215 e. The van der Waals surface area contributed by atoms with Gasteiger partial charge in [-0.3, -0.25) is 0 Å². The van der Waals surface area contributed by atoms with Gasteiger partial charge in [0.05, 0.1) is 5.69 Å². The van der Waals surface area contributed by atoms with Crippen LogP contribution in [0.1, 0.15) is 12.5 Å². The summed E-state index contributed by atoms with van der Waals surface area (Å²) in [6.45, 7) is 4.07. The van der Waals surface area contributed by atoms with Crippen molar-refractivity contribution < 1.29 is 5.11 Å². The molecule has 0 amide bonds. The van der Waals surface area contributed by atoms with Gasteiger partial charge in [0.1, 0.15) is 0 Å². The summed E-state index contributed by atoms with van der Waals surface area (Å²) in [4.78, 5) is 8.39. The third-order valence-electron chi connectivity index (χ3n) is 2.31. The first-order chi connectivity index (χ1) is 8.19. The molecule has 1 aromatic carbocycles. The van der Waals surface area contributed by atoms with Crippen LogP contribution in [0.5, 0.6) is 5.88 Å². The zero-order valence-electron chi connectivity index (χ0n) is 9.84. The number of thioether (sulfide) groups is 1. The van der Waals surface area contributed by atoms with E-state index in [0.29, 0.717) is 5.16 Å². The Morgan fingerprint density at radius 3 is 2.53 bits per heavy atom. The third-order valence-corrected chi connectivity index (χ3v) is 3.04. The third kappa shape index (κ3) is 2.97. The van der Waals surface area contributed by atoms with E-state index in [-0.39, 0.29) is 5.88 Å². The first kappa shape index (κ1) is 11.9. The second kappa shape index (κ2) is 5.19. The topological polar surface area (TPSA) is 46.0 Å². The summed E-state index contributed by atoms with van der Waals surface area (Å²) in [7, 11) is 0. The molecule has 1 N–H and O–H groups in total. The molecule has 3 nitrogen and oxygen atoms in total. The van der Waals surface area contributed by atoms with Crippen molar-refractivity contribution in [2.24, 2.45) is 0 Å². The Hall–Kier alpha value is -1.55. The lowest BCUT2D eigenvalue weighted by molar-refractivity contribution is 0.446. The van der Waals surface area contributed by atoms with Gasteiger partial charge in [-0.1, -0.05) is 48.5 Å². The molecule has 0 aliphatic heterocycles. The van der Waals surface area contributed by atoms with E-state index < -0.39 is 0 Å². The summed E-state index contributed by atoms with van der Waals surface area (Å²) in [5.74, 6) is 0.906. The standard InChI is InChI=1S/C13H14N2OS/c1-3-17-13-14-11(8-12(16)15-13)10-6-4-9(2)5-7-10/h4-8H,3H2,1-2H3,(H,14,15,16). The molecule has 0 radical (unpaired) electrons. The van der Waals surface area contributed by atoms with Gasteiger partial charge in [-0.15, -0.1) is 0 Å². The van der Waals surface area contributed by atoms with Crippen molar-refractivity contribution in [3.63, 3.8) is 0 Å². The summed E-state index contributed by atoms with van der Waals surface area (Å²) < 4.78 is 0. The van der Waals surface area contributed by atoms with Crippen LogP contribution >= 0.6 is 11.8 Å². The molecule has 4 heteroatoms. The number of benzene rings is 1. The van der Waals surface area contributed by atoms with Crippen molar-refractivity contribution in [2.75, 3.05) is 5.75 Å². The Kier molecular flexibility index (Phi) is 3.64. The fourth-order valence-electron chi connectivity index (χ4n) is 1.48. The van der Waals surface area contributed by atoms with Gasteiger partial charge in [-0.25, -0.2) is 4.98 Å². The van der Waals surface area contributed by atoms with E-state index >= 15 is 0 Å². The first-order valence-corrected chi connectivity index (χ1v) is 6.45. The second-order valence-electron chi connectivity index (χ2n) is 3.69. The van der Waals surface area contributed by atoms with Crippen molar-refractivity contribution in [3.8, 4) is 17.1 Å². The van der Waals surface area contributed by atoms with Gasteiger partial charge in [0.15, 0.2) is 5.16 Å². The van der Waals surface area contributed by atoms with Crippen molar-refractivity contribution >= 4 is 11.8 Å². The Morgan fingerprint density at radius 1 is 1.18 bits per heavy atom. The van der Waals surface area contributed by atoms with Crippen LogP contribution in [-0.4, -0.2) is 20.8 Å². The Labute approximate surface area is 105 Å². The van der Waals surface area contributed by atoms with Crippen molar-refractivity contribution in [1.29, 1.82) is 0 Å². The number of rotatable bonds is 3. The molecule has 2 aromatic rings. The molecular weight excluding hydrogens is 232 g/mol. The van der Waals surface area contributed by atoms with Crippen molar-refractivity contribution in [2.45, 2.75) is 19.0 Å². The van der Waals surface area contributed by atoms with Crippen LogP contribution in [0.2, 0.25) is 0 Å². The molecule has 88 valence electrons. The zero-order valence-corrected chi connectivity index (χ0v) is 10.7. The summed E-state index contributed by atoms with van der Waals surface area (Å²) in [5.41, 5.74) is 2.95. The fraction of sp³-hybridized carbons (Fsp3) is 0.231. The maximum atomic E-state index is 9.57. The van der Waals surface area contributed by atoms with Crippen LogP contribution in [0, 0.1) is 6.92 Å². The van der Waals surface area contributed by atoms with Crippen LogP contribution in [0.3, 0.4) is 0 Å². The average molecular weight is 246 g/mol. The van der Waals surface area contributed by atoms with E-state index in [1.54, 1.807) is 6.07 Å².